The van der Waals surface area contributed by atoms with Crippen molar-refractivity contribution < 1.29 is 23.5 Å². The quantitative estimate of drug-likeness (QED) is 0.773. The molecule has 4 rings (SSSR count). The van der Waals surface area contributed by atoms with Crippen molar-refractivity contribution in [2.45, 2.75) is 25.0 Å². The van der Waals surface area contributed by atoms with Crippen LogP contribution in [0.2, 0.25) is 0 Å². The summed E-state index contributed by atoms with van der Waals surface area (Å²) in [5.74, 6) is -0.454. The van der Waals surface area contributed by atoms with E-state index in [-0.39, 0.29) is 30.9 Å². The van der Waals surface area contributed by atoms with Gasteiger partial charge in [-0.25, -0.2) is 9.18 Å². The number of ether oxygens (including phenoxy) is 2. The monoisotopic (exact) mass is 392 g/mol. The first-order valence-electron chi connectivity index (χ1n) is 9.73. The molecule has 3 aliphatic rings. The van der Waals surface area contributed by atoms with Crippen molar-refractivity contribution in [2.24, 2.45) is 0 Å². The van der Waals surface area contributed by atoms with Crippen LogP contribution in [0.4, 0.5) is 20.6 Å². The predicted molar refractivity (Wildman–Crippen MR) is 101 cm³/mol. The van der Waals surface area contributed by atoms with Crippen LogP contribution in [-0.4, -0.2) is 70.1 Å². The summed E-state index contributed by atoms with van der Waals surface area (Å²) in [5.41, 5.74) is 0.957. The Morgan fingerprint density at radius 2 is 2.14 bits per heavy atom. The van der Waals surface area contributed by atoms with Crippen LogP contribution < -0.4 is 20.4 Å². The molecule has 152 valence electrons. The molecule has 3 heterocycles. The van der Waals surface area contributed by atoms with Crippen LogP contribution in [0.5, 0.6) is 0 Å². The van der Waals surface area contributed by atoms with E-state index in [2.05, 4.69) is 10.6 Å². The summed E-state index contributed by atoms with van der Waals surface area (Å²) in [5, 5.41) is 5.95. The highest BCUT2D eigenvalue weighted by Crippen LogP contribution is 2.28. The maximum Gasteiger partial charge on any atom is 0.414 e. The van der Waals surface area contributed by atoms with Crippen LogP contribution in [-0.2, 0) is 14.3 Å². The van der Waals surface area contributed by atoms with Gasteiger partial charge in [0.1, 0.15) is 11.9 Å². The van der Waals surface area contributed by atoms with Gasteiger partial charge >= 0.3 is 6.09 Å². The molecule has 0 aromatic heterocycles. The zero-order valence-electron chi connectivity index (χ0n) is 15.7. The zero-order valence-corrected chi connectivity index (χ0v) is 15.7. The van der Waals surface area contributed by atoms with Gasteiger partial charge in [0.15, 0.2) is 0 Å². The minimum Gasteiger partial charge on any atom is -0.442 e. The van der Waals surface area contributed by atoms with E-state index < -0.39 is 12.2 Å². The van der Waals surface area contributed by atoms with Gasteiger partial charge in [0.25, 0.3) is 0 Å². The Morgan fingerprint density at radius 3 is 2.86 bits per heavy atom. The molecule has 1 aromatic carbocycles. The maximum atomic E-state index is 14.6. The molecular weight excluding hydrogens is 367 g/mol. The summed E-state index contributed by atoms with van der Waals surface area (Å²) in [6.07, 6.45) is 0.810. The first-order chi connectivity index (χ1) is 13.6. The molecule has 9 heteroatoms. The second-order valence-electron chi connectivity index (χ2n) is 7.25. The second-order valence-corrected chi connectivity index (χ2v) is 7.25. The molecule has 3 fully saturated rings. The summed E-state index contributed by atoms with van der Waals surface area (Å²) in [7, 11) is 0. The molecular formula is C19H25FN4O4. The first kappa shape index (κ1) is 18.9. The predicted octanol–water partition coefficient (Wildman–Crippen LogP) is 0.856. The number of carbonyl (C=O) groups is 2. The van der Waals surface area contributed by atoms with E-state index in [1.165, 1.54) is 11.0 Å². The highest BCUT2D eigenvalue weighted by Gasteiger charge is 2.33. The summed E-state index contributed by atoms with van der Waals surface area (Å²) in [6.45, 7) is 3.78. The topological polar surface area (TPSA) is 83.1 Å². The number of anilines is 2. The lowest BCUT2D eigenvalue weighted by Gasteiger charge is -2.29. The van der Waals surface area contributed by atoms with Gasteiger partial charge in [0, 0.05) is 13.1 Å². The van der Waals surface area contributed by atoms with E-state index in [9.17, 15) is 14.0 Å². The van der Waals surface area contributed by atoms with Gasteiger partial charge in [-0.3, -0.25) is 9.69 Å². The van der Waals surface area contributed by atoms with E-state index in [4.69, 9.17) is 9.47 Å². The number of halogens is 1. The van der Waals surface area contributed by atoms with Crippen LogP contribution >= 0.6 is 0 Å². The minimum absolute atomic E-state index is 0.0760. The van der Waals surface area contributed by atoms with Gasteiger partial charge in [-0.15, -0.1) is 0 Å². The highest BCUT2D eigenvalue weighted by atomic mass is 19.1. The van der Waals surface area contributed by atoms with Gasteiger partial charge in [0.2, 0.25) is 5.91 Å². The van der Waals surface area contributed by atoms with Crippen molar-refractivity contribution in [1.82, 2.24) is 10.6 Å². The molecule has 1 aromatic rings. The molecule has 8 nitrogen and oxygen atoms in total. The number of benzene rings is 1. The van der Waals surface area contributed by atoms with Gasteiger partial charge in [-0.2, -0.15) is 0 Å². The summed E-state index contributed by atoms with van der Waals surface area (Å²) >= 11 is 0. The lowest BCUT2D eigenvalue weighted by molar-refractivity contribution is -0.123. The van der Waals surface area contributed by atoms with Crippen molar-refractivity contribution in [3.8, 4) is 0 Å². The van der Waals surface area contributed by atoms with Crippen LogP contribution in [0.25, 0.3) is 0 Å². The lowest BCUT2D eigenvalue weighted by atomic mass is 10.2. The third-order valence-corrected chi connectivity index (χ3v) is 5.35. The van der Waals surface area contributed by atoms with E-state index >= 15 is 0 Å². The smallest absolute Gasteiger partial charge is 0.414 e. The fraction of sp³-hybridized carbons (Fsp3) is 0.579. The third kappa shape index (κ3) is 4.05. The number of morpholine rings is 1. The fourth-order valence-electron chi connectivity index (χ4n) is 3.81. The van der Waals surface area contributed by atoms with Crippen molar-refractivity contribution in [2.75, 3.05) is 55.7 Å². The Bertz CT molecular complexity index is 735. The summed E-state index contributed by atoms with van der Waals surface area (Å²) in [6, 6.07) is 4.59. The van der Waals surface area contributed by atoms with Gasteiger partial charge in [-0.1, -0.05) is 0 Å². The standard InChI is InChI=1S/C19H25FN4O4/c20-15-10-13(3-4-17(15)23-6-8-27-9-7-23)24-12-14(28-19(24)26)11-22-18(25)16-2-1-5-21-16/h3-4,10,14,16,21H,1-2,5-9,11-12H2,(H,22,25). The van der Waals surface area contributed by atoms with Crippen LogP contribution in [0.1, 0.15) is 12.8 Å². The molecule has 0 saturated carbocycles. The van der Waals surface area contributed by atoms with Gasteiger partial charge in [0.05, 0.1) is 43.7 Å². The average Bonchev–Trinajstić information content (AvgIpc) is 3.37. The number of amides is 2. The van der Waals surface area contributed by atoms with E-state index in [0.29, 0.717) is 37.7 Å². The number of cyclic esters (lactones) is 1. The Kier molecular flexibility index (Phi) is 5.63. The number of rotatable bonds is 5. The Morgan fingerprint density at radius 1 is 1.32 bits per heavy atom. The summed E-state index contributed by atoms with van der Waals surface area (Å²) in [4.78, 5) is 27.6. The maximum absolute atomic E-state index is 14.6. The molecule has 0 spiro atoms. The van der Waals surface area contributed by atoms with Crippen LogP contribution in [0, 0.1) is 5.82 Å². The van der Waals surface area contributed by atoms with Crippen molar-refractivity contribution in [3.05, 3.63) is 24.0 Å². The Balaban J connectivity index is 1.35. The molecule has 2 amide bonds. The average molecular weight is 392 g/mol. The molecule has 0 radical (unpaired) electrons. The number of nitrogens with one attached hydrogen (secondary N) is 2. The lowest BCUT2D eigenvalue weighted by Crippen LogP contribution is -2.44. The van der Waals surface area contributed by atoms with E-state index in [0.717, 1.165) is 19.4 Å². The van der Waals surface area contributed by atoms with Crippen molar-refractivity contribution >= 4 is 23.4 Å². The number of hydrogen-bond donors (Lipinski definition) is 2. The van der Waals surface area contributed by atoms with E-state index in [1.54, 1.807) is 12.1 Å². The van der Waals surface area contributed by atoms with Gasteiger partial charge < -0.3 is 25.0 Å². The normalized spacial score (nSPS) is 25.1. The molecule has 3 aliphatic heterocycles. The molecule has 3 saturated heterocycles. The highest BCUT2D eigenvalue weighted by molar-refractivity contribution is 5.90. The van der Waals surface area contributed by atoms with Crippen molar-refractivity contribution in [1.29, 1.82) is 0 Å². The second kappa shape index (κ2) is 8.32. The number of nitrogens with zero attached hydrogens (tertiary/aromatic N) is 2. The first-order valence-corrected chi connectivity index (χ1v) is 9.73. The molecule has 2 N–H and O–H groups in total. The van der Waals surface area contributed by atoms with Crippen LogP contribution in [0.3, 0.4) is 0 Å². The molecule has 2 atom stereocenters. The minimum atomic E-state index is -0.531. The molecule has 0 bridgehead atoms. The van der Waals surface area contributed by atoms with Gasteiger partial charge in [-0.05, 0) is 37.6 Å². The fourth-order valence-corrected chi connectivity index (χ4v) is 3.81. The Hall–Kier alpha value is -2.39. The molecule has 2 unspecified atom stereocenters. The van der Waals surface area contributed by atoms with Crippen LogP contribution in [0.15, 0.2) is 18.2 Å². The largest absolute Gasteiger partial charge is 0.442 e. The zero-order chi connectivity index (χ0) is 19.5. The van der Waals surface area contributed by atoms with E-state index in [1.807, 2.05) is 4.90 Å². The van der Waals surface area contributed by atoms with Crippen molar-refractivity contribution in [3.63, 3.8) is 0 Å². The number of carbonyl (C=O) groups excluding carboxylic acids is 2. The Labute approximate surface area is 162 Å². The third-order valence-electron chi connectivity index (χ3n) is 5.35. The number of hydrogen-bond acceptors (Lipinski definition) is 6. The molecule has 28 heavy (non-hydrogen) atoms. The SMILES string of the molecule is O=C(NCC1CN(c2ccc(N3CCOCC3)c(F)c2)C(=O)O1)C1CCCN1. The summed E-state index contributed by atoms with van der Waals surface area (Å²) < 4.78 is 25.2. The molecule has 0 aliphatic carbocycles.